The smallest absolute Gasteiger partial charge is 0.338 e. The minimum atomic E-state index is -3.32. The zero-order valence-electron chi connectivity index (χ0n) is 40.6. The van der Waals surface area contributed by atoms with Crippen LogP contribution in [0.15, 0.2) is 0 Å². The summed E-state index contributed by atoms with van der Waals surface area (Å²) in [6.45, 7) is 7.70. The van der Waals surface area contributed by atoms with Crippen LogP contribution in [0, 0.1) is 10.8 Å². The zero-order chi connectivity index (χ0) is 45.5. The summed E-state index contributed by atoms with van der Waals surface area (Å²) in [7, 11) is 0. The molecule has 0 aromatic rings. The molecule has 0 heterocycles. The van der Waals surface area contributed by atoms with Gasteiger partial charge in [0, 0.05) is 0 Å². The molecule has 0 amide bonds. The topological polar surface area (TPSA) is 149 Å². The molecular weight excluding hydrogens is 765 g/mol. The third kappa shape index (κ3) is 23.5. The number of Topliss-reactive ketones (excluding diaryl/α,β-unsaturated/α-hetero) is 1. The molecule has 0 aromatic heterocycles. The molecule has 4 N–H and O–H groups in total. The van der Waals surface area contributed by atoms with E-state index in [1.165, 1.54) is 135 Å². The summed E-state index contributed by atoms with van der Waals surface area (Å²) < 4.78 is 0. The minimum absolute atomic E-state index is 0.192. The number of hydrogen-bond acceptors (Lipinski definition) is 5. The van der Waals surface area contributed by atoms with Crippen LogP contribution in [0.3, 0.4) is 0 Å². The molecule has 0 saturated heterocycles. The van der Waals surface area contributed by atoms with Crippen molar-refractivity contribution in [3.63, 3.8) is 0 Å². The molecule has 0 aliphatic carbocycles. The lowest BCUT2D eigenvalue weighted by molar-refractivity contribution is -0.223. The van der Waals surface area contributed by atoms with Gasteiger partial charge < -0.3 is 20.4 Å². The van der Waals surface area contributed by atoms with Crippen molar-refractivity contribution in [3.05, 3.63) is 0 Å². The number of carboxylic acids is 3. The van der Waals surface area contributed by atoms with E-state index < -0.39 is 46.5 Å². The molecule has 61 heavy (non-hydrogen) atoms. The molecule has 0 rings (SSSR count). The number of unbranched alkanes of at least 4 members (excludes halogenated alkanes) is 36. The van der Waals surface area contributed by atoms with Gasteiger partial charge >= 0.3 is 17.9 Å². The largest absolute Gasteiger partial charge is 0.481 e. The van der Waals surface area contributed by atoms with Gasteiger partial charge in [0.25, 0.3) is 0 Å². The maximum absolute atomic E-state index is 13.7. The van der Waals surface area contributed by atoms with Crippen molar-refractivity contribution in [2.24, 2.45) is 10.8 Å². The Labute approximate surface area is 376 Å². The van der Waals surface area contributed by atoms with Crippen molar-refractivity contribution in [2.75, 3.05) is 0 Å². The lowest BCUT2D eigenvalue weighted by Crippen LogP contribution is -2.71. The second-order valence-corrected chi connectivity index (χ2v) is 19.1. The lowest BCUT2D eigenvalue weighted by atomic mass is 9.52. The van der Waals surface area contributed by atoms with E-state index >= 15 is 0 Å². The molecule has 2 unspecified atom stereocenters. The van der Waals surface area contributed by atoms with Crippen LogP contribution in [0.5, 0.6) is 0 Å². The van der Waals surface area contributed by atoms with E-state index in [9.17, 15) is 39.6 Å². The first kappa shape index (κ1) is 59.0. The molecule has 0 fully saturated rings. The molecule has 360 valence electrons. The van der Waals surface area contributed by atoms with E-state index in [-0.39, 0.29) is 19.3 Å². The fourth-order valence-electron chi connectivity index (χ4n) is 9.97. The number of ketones is 1. The summed E-state index contributed by atoms with van der Waals surface area (Å²) in [6.07, 6.45) is 40.7. The van der Waals surface area contributed by atoms with Crippen LogP contribution in [-0.4, -0.2) is 49.7 Å². The Balaban J connectivity index is 5.79. The van der Waals surface area contributed by atoms with Gasteiger partial charge in [-0.25, -0.2) is 4.79 Å². The summed E-state index contributed by atoms with van der Waals surface area (Å²) >= 11 is 0. The Bertz CT molecular complexity index is 1040. The number of carboxylic acid groups (broad SMARTS) is 3. The first-order valence-electron chi connectivity index (χ1n) is 26.4. The zero-order valence-corrected chi connectivity index (χ0v) is 40.6. The van der Waals surface area contributed by atoms with E-state index in [4.69, 9.17) is 0 Å². The molecule has 0 saturated carbocycles. The van der Waals surface area contributed by atoms with Gasteiger partial charge in [-0.2, -0.15) is 0 Å². The Morgan fingerprint density at radius 1 is 0.311 bits per heavy atom. The van der Waals surface area contributed by atoms with Crippen LogP contribution in [0.4, 0.5) is 0 Å². The standard InChI is InChI=1S/C53H100O8/c1-5-8-11-14-17-20-23-26-29-32-35-38-41-44-51(48(55)56,45-42-39-36-33-30-27-24-21-18-15-12-9-6-2)53(61,50(59)60)52(47(4)54,49(57)58)46-43-40-37-34-31-28-25-22-19-16-13-10-7-3/h61H,5-46H2,1-4H3,(H,55,56)(H,57,58)(H,59,60). The maximum atomic E-state index is 13.7. The Hall–Kier alpha value is -1.96. The van der Waals surface area contributed by atoms with Crippen LogP contribution in [-0.2, 0) is 19.2 Å². The van der Waals surface area contributed by atoms with E-state index in [1.54, 1.807) is 0 Å². The number of aliphatic carboxylic acids is 3. The molecule has 8 nitrogen and oxygen atoms in total. The maximum Gasteiger partial charge on any atom is 0.338 e. The van der Waals surface area contributed by atoms with Gasteiger partial charge in [0.1, 0.15) is 5.41 Å². The fraction of sp³-hybridized carbons (Fsp3) is 0.925. The summed E-state index contributed by atoms with van der Waals surface area (Å²) in [4.78, 5) is 54.2. The highest BCUT2D eigenvalue weighted by Gasteiger charge is 2.74. The summed E-state index contributed by atoms with van der Waals surface area (Å²) in [6, 6.07) is 0. The third-order valence-corrected chi connectivity index (χ3v) is 14.1. The number of aliphatic hydroxyl groups is 1. The Kier molecular flexibility index (Phi) is 37.3. The number of hydrogen-bond donors (Lipinski definition) is 4. The van der Waals surface area contributed by atoms with Gasteiger partial charge in [0.15, 0.2) is 11.2 Å². The summed E-state index contributed by atoms with van der Waals surface area (Å²) in [5.41, 5.74) is -8.45. The quantitative estimate of drug-likeness (QED) is 0.0349. The SMILES string of the molecule is CCCCCCCCCCCCCCCC(CCCCCCCCCCCCCCC)(C(=O)O)C(O)(C(=O)O)C(CCCCCCCCCCCCCCC)(C(C)=O)C(=O)O. The van der Waals surface area contributed by atoms with E-state index in [2.05, 4.69) is 20.8 Å². The van der Waals surface area contributed by atoms with Crippen LogP contribution in [0.2, 0.25) is 0 Å². The highest BCUT2D eigenvalue weighted by molar-refractivity contribution is 6.10. The summed E-state index contributed by atoms with van der Waals surface area (Å²) in [5.74, 6) is -6.19. The monoisotopic (exact) mass is 865 g/mol. The lowest BCUT2D eigenvalue weighted by Gasteiger charge is -2.50. The molecule has 0 spiro atoms. The minimum Gasteiger partial charge on any atom is -0.481 e. The third-order valence-electron chi connectivity index (χ3n) is 14.1. The molecular formula is C53H100O8. The fourth-order valence-corrected chi connectivity index (χ4v) is 9.97. The van der Waals surface area contributed by atoms with E-state index in [1.807, 2.05) is 0 Å². The molecule has 0 aliphatic heterocycles. The molecule has 0 aromatic carbocycles. The molecule has 2 atom stereocenters. The number of rotatable bonds is 48. The second-order valence-electron chi connectivity index (χ2n) is 19.1. The highest BCUT2D eigenvalue weighted by atomic mass is 16.4. The van der Waals surface area contributed by atoms with Gasteiger partial charge in [0.2, 0.25) is 5.60 Å². The number of carbonyl (C=O) groups excluding carboxylic acids is 1. The van der Waals surface area contributed by atoms with Crippen molar-refractivity contribution >= 4 is 23.7 Å². The van der Waals surface area contributed by atoms with E-state index in [0.717, 1.165) is 84.0 Å². The number of carbonyl (C=O) groups is 4. The van der Waals surface area contributed by atoms with Crippen molar-refractivity contribution in [3.8, 4) is 0 Å². The van der Waals surface area contributed by atoms with Gasteiger partial charge in [0.05, 0.1) is 0 Å². The molecule has 8 heteroatoms. The van der Waals surface area contributed by atoms with Crippen LogP contribution in [0.25, 0.3) is 0 Å². The van der Waals surface area contributed by atoms with E-state index in [0.29, 0.717) is 32.1 Å². The van der Waals surface area contributed by atoms with Crippen molar-refractivity contribution in [1.29, 1.82) is 0 Å². The van der Waals surface area contributed by atoms with Crippen LogP contribution < -0.4 is 0 Å². The van der Waals surface area contributed by atoms with Gasteiger partial charge in [-0.3, -0.25) is 14.4 Å². The van der Waals surface area contributed by atoms with Gasteiger partial charge in [-0.15, -0.1) is 0 Å². The first-order valence-corrected chi connectivity index (χ1v) is 26.4. The Morgan fingerprint density at radius 3 is 0.705 bits per heavy atom. The first-order chi connectivity index (χ1) is 29.5. The van der Waals surface area contributed by atoms with Crippen molar-refractivity contribution in [2.45, 2.75) is 303 Å². The predicted molar refractivity (Wildman–Crippen MR) is 254 cm³/mol. The Morgan fingerprint density at radius 2 is 0.525 bits per heavy atom. The predicted octanol–water partition coefficient (Wildman–Crippen LogP) is 16.0. The van der Waals surface area contributed by atoms with Crippen LogP contribution in [0.1, 0.15) is 297 Å². The highest BCUT2D eigenvalue weighted by Crippen LogP contribution is 2.54. The normalized spacial score (nSPS) is 13.9. The second kappa shape index (κ2) is 38.5. The summed E-state index contributed by atoms with van der Waals surface area (Å²) in [5, 5.41) is 45.5. The van der Waals surface area contributed by atoms with Crippen molar-refractivity contribution in [1.82, 2.24) is 0 Å². The average Bonchev–Trinajstić information content (AvgIpc) is 3.22. The molecule has 0 radical (unpaired) electrons. The van der Waals surface area contributed by atoms with Gasteiger partial charge in [-0.1, -0.05) is 271 Å². The molecule has 0 aliphatic rings. The molecule has 0 bridgehead atoms. The van der Waals surface area contributed by atoms with Crippen LogP contribution >= 0.6 is 0 Å². The van der Waals surface area contributed by atoms with Gasteiger partial charge in [-0.05, 0) is 26.2 Å². The van der Waals surface area contributed by atoms with Crippen molar-refractivity contribution < 1.29 is 39.6 Å². The average molecular weight is 865 g/mol.